The number of nitrogens with one attached hydrogen (secondary N) is 2. The highest BCUT2D eigenvalue weighted by molar-refractivity contribution is 6.08. The van der Waals surface area contributed by atoms with Crippen LogP contribution in [0, 0.1) is 6.92 Å². The number of imide groups is 1. The van der Waals surface area contributed by atoms with Gasteiger partial charge in [-0.15, -0.1) is 0 Å². The van der Waals surface area contributed by atoms with Crippen LogP contribution in [0.5, 0.6) is 0 Å². The lowest BCUT2D eigenvalue weighted by Gasteiger charge is -2.19. The van der Waals surface area contributed by atoms with Crippen LogP contribution in [0.25, 0.3) is 0 Å². The van der Waals surface area contributed by atoms with E-state index < -0.39 is 42.0 Å². The molecule has 26 heavy (non-hydrogen) atoms. The van der Waals surface area contributed by atoms with E-state index in [9.17, 15) is 19.2 Å². The van der Waals surface area contributed by atoms with Crippen molar-refractivity contribution >= 4 is 29.5 Å². The lowest BCUT2D eigenvalue weighted by atomic mass is 9.99. The number of aryl methyl sites for hydroxylation is 1. The Morgan fingerprint density at radius 2 is 1.88 bits per heavy atom. The molecule has 8 heteroatoms. The number of rotatable bonds is 6. The zero-order valence-electron chi connectivity index (χ0n) is 15.3. The lowest BCUT2D eigenvalue weighted by Crippen LogP contribution is -2.44. The summed E-state index contributed by atoms with van der Waals surface area (Å²) in [7, 11) is 0. The lowest BCUT2D eigenvalue weighted by molar-refractivity contribution is -0.155. The Morgan fingerprint density at radius 3 is 2.42 bits per heavy atom. The fourth-order valence-electron chi connectivity index (χ4n) is 2.43. The molecule has 8 nitrogen and oxygen atoms in total. The Labute approximate surface area is 151 Å². The molecule has 0 unspecified atom stereocenters. The van der Waals surface area contributed by atoms with Gasteiger partial charge in [0.05, 0.1) is 0 Å². The van der Waals surface area contributed by atoms with Gasteiger partial charge in [0.1, 0.15) is 12.1 Å². The highest BCUT2D eigenvalue weighted by Gasteiger charge is 2.47. The summed E-state index contributed by atoms with van der Waals surface area (Å²) in [5.41, 5.74) is 0.609. The van der Waals surface area contributed by atoms with Crippen molar-refractivity contribution in [1.82, 2.24) is 10.2 Å². The summed E-state index contributed by atoms with van der Waals surface area (Å²) in [6, 6.07) is 6.51. The molecular weight excluding hydrogens is 338 g/mol. The zero-order valence-corrected chi connectivity index (χ0v) is 15.3. The molecule has 0 bridgehead atoms. The van der Waals surface area contributed by atoms with E-state index in [0.717, 1.165) is 10.5 Å². The Morgan fingerprint density at radius 1 is 1.27 bits per heavy atom. The Hall–Kier alpha value is -2.90. The SMILES string of the molecule is CC[C@@]1(C)NC(=O)N(CC(=O)O[C@H](C)C(=O)Nc2ccc(C)cc2)C1=O. The average Bonchev–Trinajstić information content (AvgIpc) is 2.80. The Bertz CT molecular complexity index is 731. The van der Waals surface area contributed by atoms with Crippen molar-refractivity contribution in [2.45, 2.75) is 45.8 Å². The molecule has 1 aliphatic heterocycles. The summed E-state index contributed by atoms with van der Waals surface area (Å²) in [5, 5.41) is 5.18. The van der Waals surface area contributed by atoms with Crippen LogP contribution in [0.3, 0.4) is 0 Å². The maximum atomic E-state index is 12.2. The van der Waals surface area contributed by atoms with E-state index in [2.05, 4.69) is 10.6 Å². The maximum Gasteiger partial charge on any atom is 0.327 e. The molecule has 2 rings (SSSR count). The zero-order chi connectivity index (χ0) is 19.5. The third-order valence-electron chi connectivity index (χ3n) is 4.34. The van der Waals surface area contributed by atoms with E-state index in [-0.39, 0.29) is 0 Å². The van der Waals surface area contributed by atoms with E-state index in [0.29, 0.717) is 12.1 Å². The Balaban J connectivity index is 1.90. The van der Waals surface area contributed by atoms with Crippen molar-refractivity contribution in [2.24, 2.45) is 0 Å². The third kappa shape index (κ3) is 4.19. The van der Waals surface area contributed by atoms with Crippen LogP contribution < -0.4 is 10.6 Å². The number of esters is 1. The van der Waals surface area contributed by atoms with Crippen LogP contribution in [0.1, 0.15) is 32.8 Å². The second-order valence-corrected chi connectivity index (χ2v) is 6.49. The predicted octanol–water partition coefficient (Wildman–Crippen LogP) is 1.59. The first-order valence-corrected chi connectivity index (χ1v) is 8.37. The summed E-state index contributed by atoms with van der Waals surface area (Å²) in [4.78, 5) is 49.1. The fraction of sp³-hybridized carbons (Fsp3) is 0.444. The molecule has 0 aliphatic carbocycles. The number of hydrogen-bond acceptors (Lipinski definition) is 5. The third-order valence-corrected chi connectivity index (χ3v) is 4.34. The summed E-state index contributed by atoms with van der Waals surface area (Å²) < 4.78 is 5.04. The minimum atomic E-state index is -1.07. The molecule has 1 aliphatic rings. The molecule has 0 spiro atoms. The summed E-state index contributed by atoms with van der Waals surface area (Å²) in [6.45, 7) is 6.16. The molecule has 0 radical (unpaired) electrons. The molecular formula is C18H23N3O5. The number of hydrogen-bond donors (Lipinski definition) is 2. The van der Waals surface area contributed by atoms with Gasteiger partial charge in [-0.1, -0.05) is 24.6 Å². The summed E-state index contributed by atoms with van der Waals surface area (Å²) >= 11 is 0. The fourth-order valence-corrected chi connectivity index (χ4v) is 2.43. The number of amides is 4. The second-order valence-electron chi connectivity index (χ2n) is 6.49. The smallest absolute Gasteiger partial charge is 0.327 e. The summed E-state index contributed by atoms with van der Waals surface area (Å²) in [5.74, 6) is -1.82. The van der Waals surface area contributed by atoms with Gasteiger partial charge in [0, 0.05) is 5.69 Å². The molecule has 1 heterocycles. The van der Waals surface area contributed by atoms with Crippen LogP contribution in [-0.4, -0.2) is 46.9 Å². The van der Waals surface area contributed by atoms with Crippen molar-refractivity contribution in [1.29, 1.82) is 0 Å². The van der Waals surface area contributed by atoms with Gasteiger partial charge >= 0.3 is 12.0 Å². The van der Waals surface area contributed by atoms with Crippen LogP contribution in [0.15, 0.2) is 24.3 Å². The first kappa shape index (κ1) is 19.4. The van der Waals surface area contributed by atoms with E-state index in [4.69, 9.17) is 4.74 Å². The maximum absolute atomic E-state index is 12.2. The van der Waals surface area contributed by atoms with Crippen molar-refractivity contribution in [3.8, 4) is 0 Å². The van der Waals surface area contributed by atoms with Crippen LogP contribution in [0.4, 0.5) is 10.5 Å². The minimum Gasteiger partial charge on any atom is -0.451 e. The molecule has 0 saturated carbocycles. The number of benzene rings is 1. The predicted molar refractivity (Wildman–Crippen MR) is 94.3 cm³/mol. The van der Waals surface area contributed by atoms with Crippen molar-refractivity contribution < 1.29 is 23.9 Å². The molecule has 2 atom stereocenters. The van der Waals surface area contributed by atoms with Gasteiger partial charge in [-0.2, -0.15) is 0 Å². The first-order valence-electron chi connectivity index (χ1n) is 8.37. The van der Waals surface area contributed by atoms with Gasteiger partial charge in [-0.25, -0.2) is 4.79 Å². The van der Waals surface area contributed by atoms with E-state index >= 15 is 0 Å². The highest BCUT2D eigenvalue weighted by atomic mass is 16.5. The van der Waals surface area contributed by atoms with Gasteiger partial charge < -0.3 is 15.4 Å². The molecule has 2 N–H and O–H groups in total. The van der Waals surface area contributed by atoms with Gasteiger partial charge in [0.15, 0.2) is 6.10 Å². The van der Waals surface area contributed by atoms with Gasteiger partial charge in [0.2, 0.25) is 0 Å². The van der Waals surface area contributed by atoms with Crippen molar-refractivity contribution in [2.75, 3.05) is 11.9 Å². The quantitative estimate of drug-likeness (QED) is 0.591. The summed E-state index contributed by atoms with van der Waals surface area (Å²) in [6.07, 6.45) is -0.666. The molecule has 0 aromatic heterocycles. The average molecular weight is 361 g/mol. The van der Waals surface area contributed by atoms with Crippen LogP contribution in [0.2, 0.25) is 0 Å². The van der Waals surface area contributed by atoms with Gasteiger partial charge in [0.25, 0.3) is 11.8 Å². The number of urea groups is 1. The largest absolute Gasteiger partial charge is 0.451 e. The molecule has 1 saturated heterocycles. The topological polar surface area (TPSA) is 105 Å². The Kier molecular flexibility index (Phi) is 5.64. The van der Waals surface area contributed by atoms with Crippen molar-refractivity contribution in [3.63, 3.8) is 0 Å². The minimum absolute atomic E-state index is 0.401. The number of ether oxygens (including phenoxy) is 1. The van der Waals surface area contributed by atoms with E-state index in [1.54, 1.807) is 26.0 Å². The van der Waals surface area contributed by atoms with Crippen LogP contribution in [-0.2, 0) is 19.1 Å². The monoisotopic (exact) mass is 361 g/mol. The molecule has 1 aromatic rings. The van der Waals surface area contributed by atoms with Gasteiger partial charge in [-0.05, 0) is 39.3 Å². The molecule has 1 fully saturated rings. The highest BCUT2D eigenvalue weighted by Crippen LogP contribution is 2.20. The second kappa shape index (κ2) is 7.55. The number of carbonyl (C=O) groups is 4. The standard InChI is InChI=1S/C18H23N3O5/c1-5-18(4)16(24)21(17(25)20-18)10-14(22)26-12(3)15(23)19-13-8-6-11(2)7-9-13/h6-9,12H,5,10H2,1-4H3,(H,19,23)(H,20,25)/t12-,18-/m1/s1. The number of carbonyl (C=O) groups excluding carboxylic acids is 4. The molecule has 140 valence electrons. The van der Waals surface area contributed by atoms with E-state index in [1.165, 1.54) is 6.92 Å². The van der Waals surface area contributed by atoms with Crippen LogP contribution >= 0.6 is 0 Å². The normalized spacial score (nSPS) is 20.5. The molecule has 1 aromatic carbocycles. The van der Waals surface area contributed by atoms with E-state index in [1.807, 2.05) is 19.1 Å². The number of anilines is 1. The molecule has 4 amide bonds. The first-order chi connectivity index (χ1) is 12.2. The number of nitrogens with zero attached hydrogens (tertiary/aromatic N) is 1. The van der Waals surface area contributed by atoms with Crippen molar-refractivity contribution in [3.05, 3.63) is 29.8 Å². The van der Waals surface area contributed by atoms with Gasteiger partial charge in [-0.3, -0.25) is 19.3 Å².